The predicted octanol–water partition coefficient (Wildman–Crippen LogP) is 1.88. The number of hydrogen-bond donors (Lipinski definition) is 1. The average molecular weight is 278 g/mol. The SMILES string of the molecule is COc1ccc(CN)cc1CSc1nnc(C)n1C. The zero-order valence-electron chi connectivity index (χ0n) is 11.4. The highest BCUT2D eigenvalue weighted by Crippen LogP contribution is 2.27. The molecule has 6 heteroatoms. The lowest BCUT2D eigenvalue weighted by Crippen LogP contribution is -1.99. The van der Waals surface area contributed by atoms with Crippen molar-refractivity contribution in [3.63, 3.8) is 0 Å². The van der Waals surface area contributed by atoms with Crippen molar-refractivity contribution in [1.82, 2.24) is 14.8 Å². The Hall–Kier alpha value is -1.53. The van der Waals surface area contributed by atoms with Crippen molar-refractivity contribution in [2.75, 3.05) is 7.11 Å². The smallest absolute Gasteiger partial charge is 0.191 e. The monoisotopic (exact) mass is 278 g/mol. The molecule has 2 N–H and O–H groups in total. The van der Waals surface area contributed by atoms with Crippen LogP contribution in [0, 0.1) is 6.92 Å². The molecule has 0 bridgehead atoms. The van der Waals surface area contributed by atoms with Gasteiger partial charge in [0.2, 0.25) is 0 Å². The molecule has 0 aliphatic carbocycles. The van der Waals surface area contributed by atoms with E-state index >= 15 is 0 Å². The average Bonchev–Trinajstić information content (AvgIpc) is 2.76. The topological polar surface area (TPSA) is 66.0 Å². The molecule has 0 aliphatic heterocycles. The van der Waals surface area contributed by atoms with E-state index in [9.17, 15) is 0 Å². The largest absolute Gasteiger partial charge is 0.496 e. The third-order valence-corrected chi connectivity index (χ3v) is 4.06. The maximum absolute atomic E-state index is 5.67. The molecule has 0 radical (unpaired) electrons. The van der Waals surface area contributed by atoms with E-state index in [1.807, 2.05) is 30.7 Å². The molecule has 0 fully saturated rings. The van der Waals surface area contributed by atoms with Crippen molar-refractivity contribution in [2.45, 2.75) is 24.4 Å². The van der Waals surface area contributed by atoms with Gasteiger partial charge < -0.3 is 15.0 Å². The molecule has 0 aliphatic rings. The van der Waals surface area contributed by atoms with Gasteiger partial charge in [0, 0.05) is 24.9 Å². The van der Waals surface area contributed by atoms with Gasteiger partial charge in [-0.2, -0.15) is 0 Å². The third kappa shape index (κ3) is 3.08. The Bertz CT molecular complexity index is 568. The van der Waals surface area contributed by atoms with E-state index in [0.717, 1.165) is 33.6 Å². The number of benzene rings is 1. The number of rotatable bonds is 5. The fourth-order valence-electron chi connectivity index (χ4n) is 1.73. The summed E-state index contributed by atoms with van der Waals surface area (Å²) in [5.41, 5.74) is 7.89. The molecule has 0 saturated heterocycles. The number of methoxy groups -OCH3 is 1. The third-order valence-electron chi connectivity index (χ3n) is 2.99. The van der Waals surface area contributed by atoms with Crippen molar-refractivity contribution in [3.8, 4) is 5.75 Å². The molecule has 1 aromatic heterocycles. The second-order valence-electron chi connectivity index (χ2n) is 4.23. The minimum absolute atomic E-state index is 0.532. The van der Waals surface area contributed by atoms with Crippen LogP contribution in [-0.2, 0) is 19.3 Å². The van der Waals surface area contributed by atoms with Crippen molar-refractivity contribution in [3.05, 3.63) is 35.2 Å². The van der Waals surface area contributed by atoms with E-state index in [0.29, 0.717) is 6.54 Å². The maximum Gasteiger partial charge on any atom is 0.191 e. The van der Waals surface area contributed by atoms with Crippen LogP contribution < -0.4 is 10.5 Å². The Morgan fingerprint density at radius 3 is 2.74 bits per heavy atom. The second kappa shape index (κ2) is 6.08. The molecule has 0 unspecified atom stereocenters. The summed E-state index contributed by atoms with van der Waals surface area (Å²) in [6.07, 6.45) is 0. The van der Waals surface area contributed by atoms with Gasteiger partial charge in [-0.25, -0.2) is 0 Å². The van der Waals surface area contributed by atoms with E-state index in [2.05, 4.69) is 16.3 Å². The molecule has 0 amide bonds. The van der Waals surface area contributed by atoms with Gasteiger partial charge in [-0.3, -0.25) is 0 Å². The zero-order chi connectivity index (χ0) is 13.8. The Labute approximate surface area is 117 Å². The van der Waals surface area contributed by atoms with Crippen LogP contribution in [0.5, 0.6) is 5.75 Å². The van der Waals surface area contributed by atoms with Crippen LogP contribution in [0.4, 0.5) is 0 Å². The van der Waals surface area contributed by atoms with Crippen LogP contribution in [-0.4, -0.2) is 21.9 Å². The molecular formula is C13H18N4OS. The van der Waals surface area contributed by atoms with Gasteiger partial charge in [0.15, 0.2) is 5.16 Å². The highest BCUT2D eigenvalue weighted by atomic mass is 32.2. The minimum Gasteiger partial charge on any atom is -0.496 e. The first-order valence-corrected chi connectivity index (χ1v) is 6.99. The fourth-order valence-corrected chi connectivity index (χ4v) is 2.66. The maximum atomic E-state index is 5.67. The second-order valence-corrected chi connectivity index (χ2v) is 5.17. The van der Waals surface area contributed by atoms with Gasteiger partial charge in [-0.05, 0) is 24.6 Å². The molecule has 2 rings (SSSR count). The highest BCUT2D eigenvalue weighted by molar-refractivity contribution is 7.98. The summed E-state index contributed by atoms with van der Waals surface area (Å²) in [6.45, 7) is 2.47. The first-order chi connectivity index (χ1) is 9.15. The number of aromatic nitrogens is 3. The summed E-state index contributed by atoms with van der Waals surface area (Å²) in [4.78, 5) is 0. The Kier molecular flexibility index (Phi) is 4.44. The molecule has 1 aromatic carbocycles. The van der Waals surface area contributed by atoms with Gasteiger partial charge in [0.05, 0.1) is 7.11 Å². The van der Waals surface area contributed by atoms with Crippen LogP contribution >= 0.6 is 11.8 Å². The predicted molar refractivity (Wildman–Crippen MR) is 76.2 cm³/mol. The Morgan fingerprint density at radius 2 is 2.16 bits per heavy atom. The molecule has 0 atom stereocenters. The van der Waals surface area contributed by atoms with Gasteiger partial charge in [0.25, 0.3) is 0 Å². The van der Waals surface area contributed by atoms with Crippen molar-refractivity contribution in [2.24, 2.45) is 12.8 Å². The summed E-state index contributed by atoms with van der Waals surface area (Å²) in [6, 6.07) is 6.02. The molecule has 19 heavy (non-hydrogen) atoms. The van der Waals surface area contributed by atoms with Gasteiger partial charge >= 0.3 is 0 Å². The summed E-state index contributed by atoms with van der Waals surface area (Å²) in [7, 11) is 3.64. The highest BCUT2D eigenvalue weighted by Gasteiger charge is 2.09. The number of nitrogens with zero attached hydrogens (tertiary/aromatic N) is 3. The molecular weight excluding hydrogens is 260 g/mol. The van der Waals surface area contributed by atoms with Gasteiger partial charge in [-0.15, -0.1) is 10.2 Å². The lowest BCUT2D eigenvalue weighted by molar-refractivity contribution is 0.411. The number of nitrogens with two attached hydrogens (primary N) is 1. The number of aryl methyl sites for hydroxylation is 1. The summed E-state index contributed by atoms with van der Waals surface area (Å²) >= 11 is 1.64. The van der Waals surface area contributed by atoms with Crippen LogP contribution in [0.2, 0.25) is 0 Å². The Morgan fingerprint density at radius 1 is 1.37 bits per heavy atom. The number of ether oxygens (including phenoxy) is 1. The van der Waals surface area contributed by atoms with E-state index in [1.165, 1.54) is 0 Å². The van der Waals surface area contributed by atoms with E-state index in [4.69, 9.17) is 10.5 Å². The van der Waals surface area contributed by atoms with Crippen molar-refractivity contribution in [1.29, 1.82) is 0 Å². The van der Waals surface area contributed by atoms with Crippen LogP contribution in [0.15, 0.2) is 23.4 Å². The summed E-state index contributed by atoms with van der Waals surface area (Å²) in [5, 5.41) is 9.09. The van der Waals surface area contributed by atoms with E-state index in [1.54, 1.807) is 18.9 Å². The van der Waals surface area contributed by atoms with Crippen molar-refractivity contribution < 1.29 is 4.74 Å². The molecule has 0 saturated carbocycles. The quantitative estimate of drug-likeness (QED) is 0.846. The van der Waals surface area contributed by atoms with Crippen LogP contribution in [0.1, 0.15) is 17.0 Å². The fraction of sp³-hybridized carbons (Fsp3) is 0.385. The molecule has 1 heterocycles. The van der Waals surface area contributed by atoms with Crippen molar-refractivity contribution >= 4 is 11.8 Å². The van der Waals surface area contributed by atoms with Gasteiger partial charge in [0.1, 0.15) is 11.6 Å². The molecule has 2 aromatic rings. The minimum atomic E-state index is 0.532. The molecule has 5 nitrogen and oxygen atoms in total. The van der Waals surface area contributed by atoms with E-state index < -0.39 is 0 Å². The first-order valence-electron chi connectivity index (χ1n) is 6.00. The number of hydrogen-bond acceptors (Lipinski definition) is 5. The molecule has 102 valence electrons. The van der Waals surface area contributed by atoms with Crippen LogP contribution in [0.25, 0.3) is 0 Å². The van der Waals surface area contributed by atoms with Crippen LogP contribution in [0.3, 0.4) is 0 Å². The number of thioether (sulfide) groups is 1. The lowest BCUT2D eigenvalue weighted by Gasteiger charge is -2.09. The zero-order valence-corrected chi connectivity index (χ0v) is 12.2. The lowest BCUT2D eigenvalue weighted by atomic mass is 10.1. The Balaban J connectivity index is 2.16. The van der Waals surface area contributed by atoms with E-state index in [-0.39, 0.29) is 0 Å². The summed E-state index contributed by atoms with van der Waals surface area (Å²) in [5.74, 6) is 2.57. The first kappa shape index (κ1) is 13.9. The summed E-state index contributed by atoms with van der Waals surface area (Å²) < 4.78 is 7.35. The standard InChI is InChI=1S/C13H18N4OS/c1-9-15-16-13(17(9)2)19-8-11-6-10(7-14)4-5-12(11)18-3/h4-6H,7-8,14H2,1-3H3. The van der Waals surface area contributed by atoms with Gasteiger partial charge in [-0.1, -0.05) is 17.8 Å². The molecule has 0 spiro atoms. The normalized spacial score (nSPS) is 10.7.